The number of aromatic nitrogens is 1. The molecule has 0 radical (unpaired) electrons. The summed E-state index contributed by atoms with van der Waals surface area (Å²) in [7, 11) is 0. The number of fused-ring (bicyclic) bond motifs is 1. The van der Waals surface area contributed by atoms with E-state index in [9.17, 15) is 9.18 Å². The van der Waals surface area contributed by atoms with Crippen LogP contribution in [-0.2, 0) is 4.79 Å². The van der Waals surface area contributed by atoms with Crippen molar-refractivity contribution in [1.29, 1.82) is 0 Å². The Hall–Kier alpha value is -1.93. The van der Waals surface area contributed by atoms with Crippen LogP contribution in [0.25, 0.3) is 10.9 Å². The van der Waals surface area contributed by atoms with Crippen molar-refractivity contribution in [3.8, 4) is 0 Å². The number of hydrogen-bond donors (Lipinski definition) is 1. The van der Waals surface area contributed by atoms with Gasteiger partial charge in [0.1, 0.15) is 11.5 Å². The Kier molecular flexibility index (Phi) is 1.69. The minimum Gasteiger partial charge on any atom is -0.359 e. The number of rotatable bonds is 1. The van der Waals surface area contributed by atoms with E-state index in [2.05, 4.69) is 9.98 Å². The molecule has 0 atom stereocenters. The zero-order chi connectivity index (χ0) is 9.26. The predicted molar refractivity (Wildman–Crippen MR) is 46.0 cm³/mol. The molecular weight excluding hydrogens is 171 g/mol. The smallest absolute Gasteiger partial charge is 0.240 e. The van der Waals surface area contributed by atoms with Crippen LogP contribution in [0.4, 0.5) is 10.1 Å². The molecule has 1 aromatic carbocycles. The van der Waals surface area contributed by atoms with E-state index in [0.29, 0.717) is 16.6 Å². The van der Waals surface area contributed by atoms with Crippen LogP contribution in [0, 0.1) is 5.82 Å². The van der Waals surface area contributed by atoms with Crippen LogP contribution >= 0.6 is 0 Å². The maximum atomic E-state index is 12.7. The van der Waals surface area contributed by atoms with Gasteiger partial charge in [-0.1, -0.05) is 0 Å². The predicted octanol–water partition coefficient (Wildman–Crippen LogP) is 2.27. The first-order chi connectivity index (χ1) is 6.31. The summed E-state index contributed by atoms with van der Waals surface area (Å²) in [6.45, 7) is 0. The van der Waals surface area contributed by atoms with Crippen LogP contribution in [0.1, 0.15) is 0 Å². The lowest BCUT2D eigenvalue weighted by Crippen LogP contribution is -1.72. The fraction of sp³-hybridized carbons (Fsp3) is 0. The van der Waals surface area contributed by atoms with Gasteiger partial charge in [-0.2, -0.15) is 4.99 Å². The number of nitrogens with one attached hydrogen (secondary N) is 1. The zero-order valence-corrected chi connectivity index (χ0v) is 6.54. The lowest BCUT2D eigenvalue weighted by atomic mass is 10.2. The van der Waals surface area contributed by atoms with Crippen molar-refractivity contribution in [2.45, 2.75) is 0 Å². The molecule has 0 aliphatic carbocycles. The van der Waals surface area contributed by atoms with Gasteiger partial charge < -0.3 is 4.98 Å². The number of halogens is 1. The largest absolute Gasteiger partial charge is 0.359 e. The van der Waals surface area contributed by atoms with Gasteiger partial charge in [0.15, 0.2) is 0 Å². The van der Waals surface area contributed by atoms with Gasteiger partial charge in [0.05, 0.1) is 5.52 Å². The summed E-state index contributed by atoms with van der Waals surface area (Å²) in [5.41, 5.74) is 1.10. The van der Waals surface area contributed by atoms with Crippen molar-refractivity contribution in [3.63, 3.8) is 0 Å². The maximum absolute atomic E-state index is 12.7. The first-order valence-corrected chi connectivity index (χ1v) is 3.66. The van der Waals surface area contributed by atoms with Crippen molar-refractivity contribution in [1.82, 2.24) is 4.98 Å². The third-order valence-corrected chi connectivity index (χ3v) is 1.79. The molecule has 4 heteroatoms. The van der Waals surface area contributed by atoms with Crippen LogP contribution in [-0.4, -0.2) is 11.1 Å². The third kappa shape index (κ3) is 1.23. The molecule has 3 nitrogen and oxygen atoms in total. The molecule has 0 saturated carbocycles. The first kappa shape index (κ1) is 7.71. The van der Waals surface area contributed by atoms with Gasteiger partial charge in [0.25, 0.3) is 0 Å². The van der Waals surface area contributed by atoms with Crippen LogP contribution in [0.5, 0.6) is 0 Å². The fourth-order valence-corrected chi connectivity index (χ4v) is 1.22. The molecule has 0 fully saturated rings. The second-order valence-electron chi connectivity index (χ2n) is 2.57. The van der Waals surface area contributed by atoms with E-state index in [1.54, 1.807) is 6.07 Å². The molecular formula is C9H5FN2O. The van der Waals surface area contributed by atoms with Gasteiger partial charge in [-0.3, -0.25) is 0 Å². The number of isocyanates is 1. The summed E-state index contributed by atoms with van der Waals surface area (Å²) < 4.78 is 12.7. The van der Waals surface area contributed by atoms with E-state index in [1.807, 2.05) is 0 Å². The molecule has 0 amide bonds. The summed E-state index contributed by atoms with van der Waals surface area (Å²) in [6, 6.07) is 4.23. The van der Waals surface area contributed by atoms with Crippen LogP contribution < -0.4 is 0 Å². The highest BCUT2D eigenvalue weighted by molar-refractivity contribution is 5.91. The summed E-state index contributed by atoms with van der Waals surface area (Å²) in [5, 5.41) is 0.713. The van der Waals surface area contributed by atoms with E-state index < -0.39 is 0 Å². The number of benzene rings is 1. The second kappa shape index (κ2) is 2.84. The SMILES string of the molecule is O=C=Nc1c[nH]c2cc(F)ccc12. The third-order valence-electron chi connectivity index (χ3n) is 1.79. The molecule has 0 aliphatic rings. The number of H-pyrrole nitrogens is 1. The summed E-state index contributed by atoms with van der Waals surface area (Å²) in [6.07, 6.45) is 2.97. The van der Waals surface area contributed by atoms with E-state index in [-0.39, 0.29) is 5.82 Å². The molecule has 0 spiro atoms. The van der Waals surface area contributed by atoms with Gasteiger partial charge in [-0.05, 0) is 18.2 Å². The average molecular weight is 176 g/mol. The molecule has 13 heavy (non-hydrogen) atoms. The lowest BCUT2D eigenvalue weighted by molar-refractivity contribution is 0.565. The number of carbonyl (C=O) groups excluding carboxylic acids is 1. The first-order valence-electron chi connectivity index (χ1n) is 3.66. The van der Waals surface area contributed by atoms with E-state index in [0.717, 1.165) is 0 Å². The van der Waals surface area contributed by atoms with Crippen molar-refractivity contribution >= 4 is 22.7 Å². The molecule has 64 valence electrons. The maximum Gasteiger partial charge on any atom is 0.240 e. The van der Waals surface area contributed by atoms with E-state index in [4.69, 9.17) is 0 Å². The monoisotopic (exact) mass is 176 g/mol. The van der Waals surface area contributed by atoms with Gasteiger partial charge in [-0.25, -0.2) is 9.18 Å². The lowest BCUT2D eigenvalue weighted by Gasteiger charge is -1.89. The van der Waals surface area contributed by atoms with Crippen molar-refractivity contribution in [2.24, 2.45) is 4.99 Å². The number of nitrogens with zero attached hydrogens (tertiary/aromatic N) is 1. The highest BCUT2D eigenvalue weighted by atomic mass is 19.1. The minimum atomic E-state index is -0.323. The molecule has 2 rings (SSSR count). The van der Waals surface area contributed by atoms with Gasteiger partial charge in [0, 0.05) is 11.6 Å². The Morgan fingerprint density at radius 1 is 1.46 bits per heavy atom. The van der Waals surface area contributed by atoms with Crippen LogP contribution in [0.2, 0.25) is 0 Å². The molecule has 0 aliphatic heterocycles. The van der Waals surface area contributed by atoms with E-state index >= 15 is 0 Å². The number of hydrogen-bond acceptors (Lipinski definition) is 2. The quantitative estimate of drug-likeness (QED) is 0.525. The standard InChI is InChI=1S/C9H5FN2O/c10-6-1-2-7-8(3-6)11-4-9(7)12-5-13/h1-4,11H. The van der Waals surface area contributed by atoms with Gasteiger partial charge in [0.2, 0.25) is 6.08 Å². The fourth-order valence-electron chi connectivity index (χ4n) is 1.22. The molecule has 1 N–H and O–H groups in total. The molecule has 1 aromatic heterocycles. The number of aromatic amines is 1. The minimum absolute atomic E-state index is 0.323. The highest BCUT2D eigenvalue weighted by Crippen LogP contribution is 2.25. The normalized spacial score (nSPS) is 9.92. The van der Waals surface area contributed by atoms with Crippen LogP contribution in [0.15, 0.2) is 29.4 Å². The van der Waals surface area contributed by atoms with Crippen molar-refractivity contribution < 1.29 is 9.18 Å². The van der Waals surface area contributed by atoms with Gasteiger partial charge >= 0.3 is 0 Å². The molecule has 1 heterocycles. The second-order valence-corrected chi connectivity index (χ2v) is 2.57. The molecule has 0 bridgehead atoms. The van der Waals surface area contributed by atoms with Crippen molar-refractivity contribution in [2.75, 3.05) is 0 Å². The Bertz CT molecular complexity index is 497. The highest BCUT2D eigenvalue weighted by Gasteiger charge is 2.02. The Labute approximate surface area is 72.9 Å². The molecule has 0 unspecified atom stereocenters. The van der Waals surface area contributed by atoms with Crippen LogP contribution in [0.3, 0.4) is 0 Å². The topological polar surface area (TPSA) is 45.2 Å². The summed E-state index contributed by atoms with van der Waals surface area (Å²) in [5.74, 6) is -0.323. The van der Waals surface area contributed by atoms with E-state index in [1.165, 1.54) is 24.4 Å². The Morgan fingerprint density at radius 3 is 3.08 bits per heavy atom. The zero-order valence-electron chi connectivity index (χ0n) is 6.54. The Morgan fingerprint density at radius 2 is 2.31 bits per heavy atom. The summed E-state index contributed by atoms with van der Waals surface area (Å²) >= 11 is 0. The number of aliphatic imine (C=N–C) groups is 1. The average Bonchev–Trinajstić information content (AvgIpc) is 2.49. The van der Waals surface area contributed by atoms with Crippen molar-refractivity contribution in [3.05, 3.63) is 30.2 Å². The Balaban J connectivity index is 2.75. The molecule has 0 saturated heterocycles. The molecule has 2 aromatic rings. The van der Waals surface area contributed by atoms with Gasteiger partial charge in [-0.15, -0.1) is 0 Å². The summed E-state index contributed by atoms with van der Waals surface area (Å²) in [4.78, 5) is 16.3.